The van der Waals surface area contributed by atoms with Crippen LogP contribution in [0.5, 0.6) is 5.75 Å². The van der Waals surface area contributed by atoms with Gasteiger partial charge in [0.05, 0.1) is 29.4 Å². The van der Waals surface area contributed by atoms with Crippen LogP contribution in [0.15, 0.2) is 141 Å². The Labute approximate surface area is 365 Å². The second-order valence-electron chi connectivity index (χ2n) is 14.5. The summed E-state index contributed by atoms with van der Waals surface area (Å²) in [5.74, 6) is -2.17. The molecule has 2 aliphatic rings. The van der Waals surface area contributed by atoms with Gasteiger partial charge in [0.25, 0.3) is 0 Å². The number of rotatable bonds is 8. The number of ether oxygens (including phenoxy) is 3. The first-order chi connectivity index (χ1) is 30.2. The van der Waals surface area contributed by atoms with Crippen LogP contribution in [0.25, 0.3) is 39.3 Å². The van der Waals surface area contributed by atoms with Crippen LogP contribution >= 0.6 is 45.3 Å². The zero-order chi connectivity index (χ0) is 42.3. The molecule has 0 saturated carbocycles. The van der Waals surface area contributed by atoms with Crippen molar-refractivity contribution >= 4 is 108 Å². The molecule has 1 atom stereocenters. The number of carbonyl (C=O) groups is 3. The molecule has 1 aliphatic heterocycles. The summed E-state index contributed by atoms with van der Waals surface area (Å²) in [7, 11) is 0. The number of hydrogen-bond donors (Lipinski definition) is 1. The second kappa shape index (κ2) is 14.7. The van der Waals surface area contributed by atoms with Crippen LogP contribution in [0.3, 0.4) is 0 Å². The first-order valence-electron chi connectivity index (χ1n) is 19.1. The molecule has 1 unspecified atom stereocenters. The number of aliphatic hydroxyl groups is 1. The van der Waals surface area contributed by atoms with E-state index in [1.54, 1.807) is 109 Å². The van der Waals surface area contributed by atoms with Crippen molar-refractivity contribution in [2.45, 2.75) is 24.9 Å². The minimum Gasteiger partial charge on any atom is -0.457 e. The fourth-order valence-electron chi connectivity index (χ4n) is 7.82. The van der Waals surface area contributed by atoms with Gasteiger partial charge in [-0.05, 0) is 28.8 Å². The largest absolute Gasteiger partial charge is 0.457 e. The lowest BCUT2D eigenvalue weighted by molar-refractivity contribution is -0.183. The van der Waals surface area contributed by atoms with Crippen LogP contribution in [0.4, 0.5) is 10.0 Å². The quantitative estimate of drug-likeness (QED) is 0.116. The Morgan fingerprint density at radius 3 is 1.81 bits per heavy atom. The first kappa shape index (κ1) is 38.2. The molecule has 15 heteroatoms. The van der Waals surface area contributed by atoms with E-state index in [2.05, 4.69) is 9.98 Å². The summed E-state index contributed by atoms with van der Waals surface area (Å²) in [5, 5.41) is 12.1. The first-order valence-corrected chi connectivity index (χ1v) is 22.4. The molecular formula is C47H26N2O9S4. The van der Waals surface area contributed by atoms with Crippen molar-refractivity contribution in [2.75, 3.05) is 0 Å². The molecule has 0 bridgehead atoms. The van der Waals surface area contributed by atoms with Crippen molar-refractivity contribution in [3.63, 3.8) is 0 Å². The molecule has 5 aromatic carbocycles. The third-order valence-corrected chi connectivity index (χ3v) is 15.5. The Morgan fingerprint density at radius 2 is 1.18 bits per heavy atom. The number of benzene rings is 4. The lowest BCUT2D eigenvalue weighted by atomic mass is 9.90. The number of fused-ring (bicyclic) bond motifs is 9. The molecule has 0 saturated heterocycles. The number of thiophene rings is 4. The van der Waals surface area contributed by atoms with Gasteiger partial charge in [-0.2, -0.15) is 0 Å². The molecule has 302 valence electrons. The number of aliphatic imine (C=N–C) groups is 1. The molecule has 11 nitrogen and oxygen atoms in total. The van der Waals surface area contributed by atoms with Crippen LogP contribution in [0, 0.1) is 0 Å². The van der Waals surface area contributed by atoms with E-state index in [-0.39, 0.29) is 52.2 Å². The summed E-state index contributed by atoms with van der Waals surface area (Å²) in [4.78, 5) is 80.4. The predicted molar refractivity (Wildman–Crippen MR) is 240 cm³/mol. The molecule has 4 aromatic heterocycles. The summed E-state index contributed by atoms with van der Waals surface area (Å²) in [6.07, 6.45) is -1.20. The number of nitrogens with zero attached hydrogens (tertiary/aromatic N) is 2. The lowest BCUT2D eigenvalue weighted by Gasteiger charge is -2.33. The third-order valence-electron chi connectivity index (χ3n) is 10.8. The van der Waals surface area contributed by atoms with Crippen molar-refractivity contribution in [1.82, 2.24) is 0 Å². The number of Topliss-reactive ketones (excluding diaryl/α,β-unsaturated/α-hetero) is 1. The summed E-state index contributed by atoms with van der Waals surface area (Å²) < 4.78 is 21.2. The van der Waals surface area contributed by atoms with Gasteiger partial charge in [-0.3, -0.25) is 14.4 Å². The maximum atomic E-state index is 15.0. The smallest absolute Gasteiger partial charge is 0.367 e. The Bertz CT molecular complexity index is 3430. The molecular weight excluding hydrogens is 865 g/mol. The normalized spacial score (nSPS) is 15.7. The average Bonchev–Trinajstić information content (AvgIpc) is 4.13. The molecule has 0 spiro atoms. The number of aliphatic hydroxyl groups excluding tert-OH is 1. The molecule has 1 N–H and O–H groups in total. The van der Waals surface area contributed by atoms with Crippen LogP contribution in [0.1, 0.15) is 38.7 Å². The van der Waals surface area contributed by atoms with Gasteiger partial charge in [0.2, 0.25) is 16.6 Å². The van der Waals surface area contributed by atoms with Gasteiger partial charge >= 0.3 is 17.5 Å². The predicted octanol–water partition coefficient (Wildman–Crippen LogP) is 8.96. The maximum absolute atomic E-state index is 15.0. The Balaban J connectivity index is 1.09. The van der Waals surface area contributed by atoms with E-state index in [1.165, 1.54) is 34.0 Å². The molecule has 62 heavy (non-hydrogen) atoms. The zero-order valence-electron chi connectivity index (χ0n) is 31.8. The molecule has 0 radical (unpaired) electrons. The molecule has 9 aromatic rings. The van der Waals surface area contributed by atoms with Crippen molar-refractivity contribution in [3.8, 4) is 15.5 Å². The zero-order valence-corrected chi connectivity index (χ0v) is 35.0. The second-order valence-corrected chi connectivity index (χ2v) is 18.7. The highest BCUT2D eigenvalue weighted by atomic mass is 32.1. The molecule has 11 rings (SSSR count). The van der Waals surface area contributed by atoms with Gasteiger partial charge in [0, 0.05) is 21.0 Å². The number of hydrogen-bond acceptors (Lipinski definition) is 15. The van der Waals surface area contributed by atoms with Gasteiger partial charge in [0.1, 0.15) is 35.0 Å². The molecule has 1 aliphatic carbocycles. The highest BCUT2D eigenvalue weighted by Gasteiger charge is 2.60. The molecule has 0 fully saturated rings. The van der Waals surface area contributed by atoms with Gasteiger partial charge in [-0.25, -0.2) is 19.6 Å². The summed E-state index contributed by atoms with van der Waals surface area (Å²) in [6.45, 7) is -0.364. The summed E-state index contributed by atoms with van der Waals surface area (Å²) in [6, 6.07) is 34.9. The van der Waals surface area contributed by atoms with Crippen molar-refractivity contribution < 1.29 is 33.7 Å². The van der Waals surface area contributed by atoms with Crippen LogP contribution in [-0.2, 0) is 37.9 Å². The number of carbonyl (C=O) groups excluding carboxylic acids is 3. The number of ketones is 1. The average molecular weight is 891 g/mol. The van der Waals surface area contributed by atoms with E-state index >= 15 is 0 Å². The lowest BCUT2D eigenvalue weighted by Crippen LogP contribution is -2.52. The fraction of sp³-hybridized carbons (Fsp3) is 0.0851. The van der Waals surface area contributed by atoms with E-state index in [4.69, 9.17) is 14.2 Å². The van der Waals surface area contributed by atoms with Crippen molar-refractivity contribution in [2.24, 2.45) is 9.98 Å². The summed E-state index contributed by atoms with van der Waals surface area (Å²) in [5.41, 5.74) is -1.06. The van der Waals surface area contributed by atoms with Crippen molar-refractivity contribution in [3.05, 3.63) is 175 Å². The topological polar surface area (TPSA) is 158 Å². The Hall–Kier alpha value is -6.75. The highest BCUT2D eigenvalue weighted by molar-refractivity contribution is 7.36. The van der Waals surface area contributed by atoms with Crippen LogP contribution < -0.4 is 21.0 Å². The van der Waals surface area contributed by atoms with E-state index in [9.17, 15) is 29.1 Å². The van der Waals surface area contributed by atoms with Gasteiger partial charge in [-0.15, -0.1) is 45.3 Å². The van der Waals surface area contributed by atoms with Crippen molar-refractivity contribution in [1.29, 1.82) is 0 Å². The van der Waals surface area contributed by atoms with E-state index in [0.717, 1.165) is 11.3 Å². The van der Waals surface area contributed by atoms with Gasteiger partial charge < -0.3 is 19.3 Å². The standard InChI is InChI=1S/C47H26N2O9S4/c50-36-25-15-7-8-16-26(25)37(51)34(36)48-31-19-29-41(61-31)33-43(59-29)44-40(42-30(60-44)20-32(62-42)49-35-38(52)27-17-9-10-18-28(27)39(35)53)58-47(33,45(54)56-21-23-11-3-1-4-12-23)46(55)57-22-24-13-5-2-6-14-24/h1-20,38,52H,21-22H2/b49-35-. The van der Waals surface area contributed by atoms with Crippen LogP contribution in [0.2, 0.25) is 0 Å². The number of esters is 2. The fourth-order valence-corrected chi connectivity index (χ4v) is 12.9. The molecule has 5 heterocycles. The SMILES string of the molecule is O=C1/C(=N\c2cc3sc4c(c3s2)OC(C(=O)OCc2ccccc2)(C(=O)OCc2ccccc2)c2c-4sc3cc(N=c4c(=O)c5ccccc5c4=O)sc23)C(O)c2ccccc21. The monoisotopic (exact) mass is 890 g/mol. The maximum Gasteiger partial charge on any atom is 0.367 e. The van der Waals surface area contributed by atoms with E-state index in [1.807, 2.05) is 12.1 Å². The Morgan fingerprint density at radius 1 is 0.645 bits per heavy atom. The van der Waals surface area contributed by atoms with E-state index in [0.29, 0.717) is 60.8 Å². The van der Waals surface area contributed by atoms with Crippen LogP contribution in [-0.4, -0.2) is 28.5 Å². The molecule has 0 amide bonds. The highest BCUT2D eigenvalue weighted by Crippen LogP contribution is 2.61. The third kappa shape index (κ3) is 5.95. The van der Waals surface area contributed by atoms with E-state index < -0.39 is 34.5 Å². The van der Waals surface area contributed by atoms with Gasteiger partial charge in [0.15, 0.2) is 11.1 Å². The summed E-state index contributed by atoms with van der Waals surface area (Å²) >= 11 is 4.96. The van der Waals surface area contributed by atoms with Gasteiger partial charge in [-0.1, -0.05) is 109 Å². The minimum absolute atomic E-state index is 0.0109. The minimum atomic E-state index is -2.50. The Kier molecular flexibility index (Phi) is 9.06.